The third-order valence-corrected chi connectivity index (χ3v) is 9.13. The van der Waals surface area contributed by atoms with Crippen molar-refractivity contribution in [3.63, 3.8) is 0 Å². The molecule has 1 heterocycles. The standard InChI is InChI=1S/C35H43N3O6/c1-21-16-26(23(3)28(39)17-21)31(41)37-27(18-24-13-8-7-9-14-24)29(40)33(43)38-20-35(6,44)34(4,5)30(38)32(42)36-19-25-15-11-10-12-22(25)2/h7-17,27,29-30,39-40,44H,18-20H2,1-6H3,(H,36,42)(H,37,41)/t27-,29-,30?,35?/m0/s1. The number of carbonyl (C=O) groups is 3. The van der Waals surface area contributed by atoms with Gasteiger partial charge in [0.1, 0.15) is 11.8 Å². The van der Waals surface area contributed by atoms with E-state index in [1.165, 1.54) is 4.90 Å². The highest BCUT2D eigenvalue weighted by molar-refractivity contribution is 5.97. The van der Waals surface area contributed by atoms with Crippen LogP contribution in [0.3, 0.4) is 0 Å². The van der Waals surface area contributed by atoms with Gasteiger partial charge in [0.25, 0.3) is 11.8 Å². The van der Waals surface area contributed by atoms with Crippen LogP contribution in [0.2, 0.25) is 0 Å². The van der Waals surface area contributed by atoms with E-state index < -0.39 is 46.9 Å². The van der Waals surface area contributed by atoms with Gasteiger partial charge < -0.3 is 30.9 Å². The van der Waals surface area contributed by atoms with Crippen molar-refractivity contribution in [3.8, 4) is 5.75 Å². The predicted octanol–water partition coefficient (Wildman–Crippen LogP) is 3.32. The maximum atomic E-state index is 14.1. The third-order valence-electron chi connectivity index (χ3n) is 9.13. The average molecular weight is 602 g/mol. The summed E-state index contributed by atoms with van der Waals surface area (Å²) in [5.41, 5.74) is 1.46. The third kappa shape index (κ3) is 6.64. The van der Waals surface area contributed by atoms with Gasteiger partial charge in [-0.2, -0.15) is 0 Å². The molecule has 3 aromatic carbocycles. The van der Waals surface area contributed by atoms with Gasteiger partial charge in [0, 0.05) is 23.1 Å². The lowest BCUT2D eigenvalue weighted by Crippen LogP contribution is -2.57. The normalized spacial score (nSPS) is 20.5. The van der Waals surface area contributed by atoms with Crippen molar-refractivity contribution in [3.05, 3.63) is 100 Å². The van der Waals surface area contributed by atoms with Crippen LogP contribution in [0.1, 0.15) is 58.9 Å². The molecule has 234 valence electrons. The highest BCUT2D eigenvalue weighted by Crippen LogP contribution is 2.44. The molecule has 0 aromatic heterocycles. The molecule has 9 heteroatoms. The molecular weight excluding hydrogens is 558 g/mol. The summed E-state index contributed by atoms with van der Waals surface area (Å²) < 4.78 is 0. The number of nitrogens with one attached hydrogen (secondary N) is 2. The fraction of sp³-hybridized carbons (Fsp3) is 0.400. The second kappa shape index (κ2) is 12.8. The van der Waals surface area contributed by atoms with Crippen molar-refractivity contribution in [1.29, 1.82) is 0 Å². The molecule has 4 atom stereocenters. The van der Waals surface area contributed by atoms with Crippen LogP contribution in [0.25, 0.3) is 0 Å². The van der Waals surface area contributed by atoms with Crippen LogP contribution in [-0.2, 0) is 22.6 Å². The number of likely N-dealkylation sites (tertiary alicyclic amines) is 1. The molecule has 0 aliphatic carbocycles. The number of aryl methyl sites for hydroxylation is 2. The summed E-state index contributed by atoms with van der Waals surface area (Å²) in [5, 5.41) is 39.0. The first-order valence-corrected chi connectivity index (χ1v) is 14.8. The Bertz CT molecular complexity index is 1530. The number of aromatic hydroxyl groups is 1. The zero-order valence-electron chi connectivity index (χ0n) is 26.2. The minimum atomic E-state index is -1.74. The molecule has 4 rings (SSSR count). The number of aliphatic hydroxyl groups is 2. The molecule has 1 aliphatic heterocycles. The Morgan fingerprint density at radius 2 is 1.61 bits per heavy atom. The van der Waals surface area contributed by atoms with Crippen LogP contribution in [0.15, 0.2) is 66.7 Å². The van der Waals surface area contributed by atoms with Gasteiger partial charge in [0.2, 0.25) is 5.91 Å². The molecule has 0 bridgehead atoms. The molecule has 0 saturated carbocycles. The number of hydrogen-bond donors (Lipinski definition) is 5. The van der Waals surface area contributed by atoms with Crippen LogP contribution in [0.4, 0.5) is 0 Å². The second-order valence-electron chi connectivity index (χ2n) is 12.7. The lowest BCUT2D eigenvalue weighted by Gasteiger charge is -2.36. The summed E-state index contributed by atoms with van der Waals surface area (Å²) in [6.45, 7) is 10.4. The number of hydrogen-bond acceptors (Lipinski definition) is 6. The van der Waals surface area contributed by atoms with Crippen molar-refractivity contribution in [2.24, 2.45) is 5.41 Å². The molecular formula is C35H43N3O6. The van der Waals surface area contributed by atoms with Crippen molar-refractivity contribution >= 4 is 17.7 Å². The Hall–Kier alpha value is -4.21. The van der Waals surface area contributed by atoms with E-state index in [-0.39, 0.29) is 30.8 Å². The van der Waals surface area contributed by atoms with E-state index >= 15 is 0 Å². The predicted molar refractivity (Wildman–Crippen MR) is 168 cm³/mol. The number of amides is 3. The zero-order valence-corrected chi connectivity index (χ0v) is 26.2. The van der Waals surface area contributed by atoms with E-state index in [9.17, 15) is 29.7 Å². The van der Waals surface area contributed by atoms with Crippen molar-refractivity contribution in [1.82, 2.24) is 15.5 Å². The number of benzene rings is 3. The number of carbonyl (C=O) groups excluding carboxylic acids is 3. The lowest BCUT2D eigenvalue weighted by molar-refractivity contribution is -0.148. The molecule has 44 heavy (non-hydrogen) atoms. The molecule has 3 aromatic rings. The molecule has 2 unspecified atom stereocenters. The first kappa shape index (κ1) is 32.7. The molecule has 1 aliphatic rings. The maximum Gasteiger partial charge on any atom is 0.254 e. The summed E-state index contributed by atoms with van der Waals surface area (Å²) in [7, 11) is 0. The molecule has 1 fully saturated rings. The first-order valence-electron chi connectivity index (χ1n) is 14.8. The lowest BCUT2D eigenvalue weighted by atomic mass is 9.74. The quantitative estimate of drug-likeness (QED) is 0.255. The smallest absolute Gasteiger partial charge is 0.254 e. The van der Waals surface area contributed by atoms with Crippen LogP contribution < -0.4 is 10.6 Å². The molecule has 1 saturated heterocycles. The van der Waals surface area contributed by atoms with E-state index in [0.717, 1.165) is 16.7 Å². The van der Waals surface area contributed by atoms with Gasteiger partial charge in [-0.05, 0) is 68.5 Å². The largest absolute Gasteiger partial charge is 0.508 e. The summed E-state index contributed by atoms with van der Waals surface area (Å²) in [4.78, 5) is 42.5. The highest BCUT2D eigenvalue weighted by Gasteiger charge is 2.60. The van der Waals surface area contributed by atoms with Crippen molar-refractivity contribution in [2.75, 3.05) is 6.54 Å². The van der Waals surface area contributed by atoms with E-state index in [0.29, 0.717) is 11.1 Å². The van der Waals surface area contributed by atoms with Gasteiger partial charge >= 0.3 is 0 Å². The molecule has 3 amide bonds. The Balaban J connectivity index is 1.63. The monoisotopic (exact) mass is 601 g/mol. The van der Waals surface area contributed by atoms with E-state index in [1.807, 2.05) is 61.5 Å². The number of phenols is 1. The van der Waals surface area contributed by atoms with Gasteiger partial charge in [0.05, 0.1) is 18.2 Å². The topological polar surface area (TPSA) is 139 Å². The van der Waals surface area contributed by atoms with Crippen molar-refractivity contribution in [2.45, 2.75) is 78.3 Å². The van der Waals surface area contributed by atoms with Gasteiger partial charge in [-0.3, -0.25) is 14.4 Å². The minimum absolute atomic E-state index is 0.0348. The summed E-state index contributed by atoms with van der Waals surface area (Å²) >= 11 is 0. The van der Waals surface area contributed by atoms with Crippen LogP contribution in [0, 0.1) is 26.2 Å². The summed E-state index contributed by atoms with van der Waals surface area (Å²) in [5.74, 6) is -1.83. The fourth-order valence-corrected chi connectivity index (χ4v) is 5.85. The van der Waals surface area contributed by atoms with E-state index in [2.05, 4.69) is 10.6 Å². The van der Waals surface area contributed by atoms with Crippen LogP contribution in [-0.4, -0.2) is 68.3 Å². The van der Waals surface area contributed by atoms with Crippen LogP contribution in [0.5, 0.6) is 5.75 Å². The Morgan fingerprint density at radius 1 is 0.977 bits per heavy atom. The van der Waals surface area contributed by atoms with Crippen molar-refractivity contribution < 1.29 is 29.7 Å². The molecule has 0 spiro atoms. The van der Waals surface area contributed by atoms with Gasteiger partial charge in [0.15, 0.2) is 6.10 Å². The SMILES string of the molecule is Cc1cc(O)c(C)c(C(=O)N[C@@H](Cc2ccccc2)[C@H](O)C(=O)N2CC(C)(O)C(C)(C)C2C(=O)NCc2ccccc2C)c1. The Kier molecular flexibility index (Phi) is 9.51. The second-order valence-corrected chi connectivity index (χ2v) is 12.7. The van der Waals surface area contributed by atoms with E-state index in [1.54, 1.807) is 46.8 Å². The molecule has 9 nitrogen and oxygen atoms in total. The number of rotatable bonds is 9. The maximum absolute atomic E-state index is 14.1. The highest BCUT2D eigenvalue weighted by atomic mass is 16.3. The van der Waals surface area contributed by atoms with Gasteiger partial charge in [-0.25, -0.2) is 0 Å². The minimum Gasteiger partial charge on any atom is -0.508 e. The zero-order chi connectivity index (χ0) is 32.4. The molecule has 0 radical (unpaired) electrons. The van der Waals surface area contributed by atoms with Crippen LogP contribution >= 0.6 is 0 Å². The number of aliphatic hydroxyl groups excluding tert-OH is 1. The first-order chi connectivity index (χ1) is 20.6. The number of nitrogens with zero attached hydrogens (tertiary/aromatic N) is 1. The van der Waals surface area contributed by atoms with E-state index in [4.69, 9.17) is 0 Å². The number of β-amino-alcohol motifs (C(OH)–C–C–N with tert-alkyl or cyclic N) is 1. The fourth-order valence-electron chi connectivity index (χ4n) is 5.85. The number of phenolic OH excluding ortho intramolecular Hbond substituents is 1. The summed E-state index contributed by atoms with van der Waals surface area (Å²) in [6, 6.07) is 17.8. The van der Waals surface area contributed by atoms with Gasteiger partial charge in [-0.1, -0.05) is 68.4 Å². The summed E-state index contributed by atoms with van der Waals surface area (Å²) in [6.07, 6.45) is -1.62. The Labute approximate surface area is 258 Å². The Morgan fingerprint density at radius 3 is 2.27 bits per heavy atom. The average Bonchev–Trinajstić information content (AvgIpc) is 3.16. The molecule has 5 N–H and O–H groups in total. The van der Waals surface area contributed by atoms with Gasteiger partial charge in [-0.15, -0.1) is 0 Å².